The minimum atomic E-state index is 1.16. The fraction of sp³-hybridized carbons (Fsp3) is 0. The predicted octanol–water partition coefficient (Wildman–Crippen LogP) is 10.7. The van der Waals surface area contributed by atoms with Crippen LogP contribution < -0.4 is 0 Å². The fourth-order valence-corrected chi connectivity index (χ4v) is 6.80. The first-order valence-electron chi connectivity index (χ1n) is 14.5. The highest BCUT2D eigenvalue weighted by Gasteiger charge is 2.20. The Balaban J connectivity index is 1.31. The van der Waals surface area contributed by atoms with Crippen molar-refractivity contribution in [1.29, 1.82) is 0 Å². The van der Waals surface area contributed by atoms with E-state index < -0.39 is 0 Å². The standard InChI is InChI=1S/C40H26N2/c1-2-12-31(13-3-1)42-36-16-8-6-14-33(36)34-24-25-38-39(40(34)42)35-15-7-9-17-37(35)41(38)32-22-20-28(21-23-32)30-19-18-27-10-4-5-11-29(27)26-30/h1-26H. The third-order valence-corrected chi connectivity index (χ3v) is 8.69. The predicted molar refractivity (Wildman–Crippen MR) is 178 cm³/mol. The Morgan fingerprint density at radius 1 is 0.333 bits per heavy atom. The maximum Gasteiger partial charge on any atom is 0.0641 e. The van der Waals surface area contributed by atoms with Crippen LogP contribution in [-0.4, -0.2) is 9.13 Å². The molecule has 2 aromatic heterocycles. The SMILES string of the molecule is c1ccc(-n2c3ccccc3c3ccc4c(c5ccccc5n4-c4ccc(-c5ccc6ccccc6c5)cc4)c32)cc1. The molecule has 0 bridgehead atoms. The van der Waals surface area contributed by atoms with Gasteiger partial charge in [0.1, 0.15) is 0 Å². The normalized spacial score (nSPS) is 11.8. The summed E-state index contributed by atoms with van der Waals surface area (Å²) < 4.78 is 4.86. The molecule has 9 rings (SSSR count). The third-order valence-electron chi connectivity index (χ3n) is 8.69. The van der Waals surface area contributed by atoms with E-state index in [1.165, 1.54) is 71.2 Å². The van der Waals surface area contributed by atoms with Gasteiger partial charge in [0.25, 0.3) is 0 Å². The Morgan fingerprint density at radius 3 is 1.76 bits per heavy atom. The maximum atomic E-state index is 2.44. The van der Waals surface area contributed by atoms with E-state index in [0.29, 0.717) is 0 Å². The molecule has 42 heavy (non-hydrogen) atoms. The molecule has 0 spiro atoms. The molecule has 0 fully saturated rings. The monoisotopic (exact) mass is 534 g/mol. The van der Waals surface area contributed by atoms with Gasteiger partial charge >= 0.3 is 0 Å². The molecule has 2 heteroatoms. The van der Waals surface area contributed by atoms with Crippen LogP contribution in [0.25, 0.3) is 76.9 Å². The van der Waals surface area contributed by atoms with Gasteiger partial charge in [-0.1, -0.05) is 109 Å². The van der Waals surface area contributed by atoms with Crippen LogP contribution >= 0.6 is 0 Å². The Labute approximate surface area is 243 Å². The topological polar surface area (TPSA) is 9.86 Å². The van der Waals surface area contributed by atoms with E-state index in [9.17, 15) is 0 Å². The number of hydrogen-bond donors (Lipinski definition) is 0. The first kappa shape index (κ1) is 23.1. The average Bonchev–Trinajstić information content (AvgIpc) is 3.58. The summed E-state index contributed by atoms with van der Waals surface area (Å²) in [6, 6.07) is 57.2. The van der Waals surface area contributed by atoms with Gasteiger partial charge in [-0.05, 0) is 70.4 Å². The van der Waals surface area contributed by atoms with Gasteiger partial charge in [0.15, 0.2) is 0 Å². The molecule has 0 atom stereocenters. The summed E-state index contributed by atoms with van der Waals surface area (Å²) >= 11 is 0. The minimum Gasteiger partial charge on any atom is -0.309 e. The highest BCUT2D eigenvalue weighted by molar-refractivity contribution is 6.26. The fourth-order valence-electron chi connectivity index (χ4n) is 6.80. The number of para-hydroxylation sites is 3. The molecule has 0 unspecified atom stereocenters. The number of hydrogen-bond acceptors (Lipinski definition) is 0. The number of fused-ring (bicyclic) bond motifs is 8. The second-order valence-electron chi connectivity index (χ2n) is 11.0. The van der Waals surface area contributed by atoms with Crippen molar-refractivity contribution >= 4 is 54.4 Å². The molecular weight excluding hydrogens is 508 g/mol. The van der Waals surface area contributed by atoms with Crippen molar-refractivity contribution in [2.24, 2.45) is 0 Å². The molecule has 0 saturated heterocycles. The zero-order chi connectivity index (χ0) is 27.6. The maximum absolute atomic E-state index is 2.44. The molecule has 0 aliphatic rings. The average molecular weight is 535 g/mol. The summed E-state index contributed by atoms with van der Waals surface area (Å²) in [6.07, 6.45) is 0. The van der Waals surface area contributed by atoms with Gasteiger partial charge in [0.2, 0.25) is 0 Å². The zero-order valence-electron chi connectivity index (χ0n) is 22.9. The Hall–Kier alpha value is -5.60. The Kier molecular flexibility index (Phi) is 4.93. The van der Waals surface area contributed by atoms with Crippen LogP contribution in [0.3, 0.4) is 0 Å². The summed E-state index contributed by atoms with van der Waals surface area (Å²) in [5, 5.41) is 7.62. The van der Waals surface area contributed by atoms with Crippen LogP contribution in [0.1, 0.15) is 0 Å². The second kappa shape index (κ2) is 8.95. The van der Waals surface area contributed by atoms with E-state index in [2.05, 4.69) is 167 Å². The number of rotatable bonds is 3. The Morgan fingerprint density at radius 2 is 0.952 bits per heavy atom. The molecule has 196 valence electrons. The van der Waals surface area contributed by atoms with Crippen LogP contribution in [0.4, 0.5) is 0 Å². The molecule has 0 radical (unpaired) electrons. The minimum absolute atomic E-state index is 1.16. The summed E-state index contributed by atoms with van der Waals surface area (Å²) in [6.45, 7) is 0. The van der Waals surface area contributed by atoms with Gasteiger partial charge in [-0.15, -0.1) is 0 Å². The van der Waals surface area contributed by atoms with Crippen molar-refractivity contribution in [3.05, 3.63) is 158 Å². The quantitative estimate of drug-likeness (QED) is 0.213. The molecule has 2 heterocycles. The number of aromatic nitrogens is 2. The lowest BCUT2D eigenvalue weighted by atomic mass is 10.0. The van der Waals surface area contributed by atoms with E-state index in [4.69, 9.17) is 0 Å². The van der Waals surface area contributed by atoms with Gasteiger partial charge in [0.05, 0.1) is 22.1 Å². The summed E-state index contributed by atoms with van der Waals surface area (Å²) in [5.74, 6) is 0. The summed E-state index contributed by atoms with van der Waals surface area (Å²) in [7, 11) is 0. The lowest BCUT2D eigenvalue weighted by Crippen LogP contribution is -1.95. The van der Waals surface area contributed by atoms with Crippen LogP contribution in [0, 0.1) is 0 Å². The van der Waals surface area contributed by atoms with E-state index >= 15 is 0 Å². The highest BCUT2D eigenvalue weighted by Crippen LogP contribution is 2.42. The lowest BCUT2D eigenvalue weighted by Gasteiger charge is -2.11. The molecular formula is C40H26N2. The molecule has 0 aliphatic heterocycles. The third kappa shape index (κ3) is 3.33. The molecule has 0 amide bonds. The van der Waals surface area contributed by atoms with Gasteiger partial charge in [0, 0.05) is 32.9 Å². The van der Waals surface area contributed by atoms with Crippen molar-refractivity contribution in [2.45, 2.75) is 0 Å². The van der Waals surface area contributed by atoms with Crippen LogP contribution in [0.2, 0.25) is 0 Å². The first-order chi connectivity index (χ1) is 20.8. The first-order valence-corrected chi connectivity index (χ1v) is 14.5. The van der Waals surface area contributed by atoms with Gasteiger partial charge < -0.3 is 9.13 Å². The molecule has 0 saturated carbocycles. The van der Waals surface area contributed by atoms with Crippen LogP contribution in [0.15, 0.2) is 158 Å². The van der Waals surface area contributed by atoms with E-state index in [0.717, 1.165) is 5.69 Å². The van der Waals surface area contributed by atoms with Gasteiger partial charge in [-0.2, -0.15) is 0 Å². The molecule has 7 aromatic carbocycles. The molecule has 9 aromatic rings. The van der Waals surface area contributed by atoms with Crippen molar-refractivity contribution in [3.63, 3.8) is 0 Å². The number of benzene rings is 7. The zero-order valence-corrected chi connectivity index (χ0v) is 22.9. The molecule has 2 nitrogen and oxygen atoms in total. The van der Waals surface area contributed by atoms with E-state index in [1.54, 1.807) is 0 Å². The van der Waals surface area contributed by atoms with E-state index in [1.807, 2.05) is 0 Å². The van der Waals surface area contributed by atoms with Gasteiger partial charge in [-0.25, -0.2) is 0 Å². The van der Waals surface area contributed by atoms with Crippen molar-refractivity contribution in [1.82, 2.24) is 9.13 Å². The largest absolute Gasteiger partial charge is 0.309 e. The van der Waals surface area contributed by atoms with Crippen LogP contribution in [-0.2, 0) is 0 Å². The highest BCUT2D eigenvalue weighted by atomic mass is 15.0. The molecule has 0 N–H and O–H groups in total. The van der Waals surface area contributed by atoms with Crippen molar-refractivity contribution < 1.29 is 0 Å². The van der Waals surface area contributed by atoms with Crippen LogP contribution in [0.5, 0.6) is 0 Å². The Bertz CT molecular complexity index is 2440. The van der Waals surface area contributed by atoms with Crippen molar-refractivity contribution in [2.75, 3.05) is 0 Å². The lowest BCUT2D eigenvalue weighted by molar-refractivity contribution is 1.17. The summed E-state index contributed by atoms with van der Waals surface area (Å²) in [4.78, 5) is 0. The van der Waals surface area contributed by atoms with Crippen molar-refractivity contribution in [3.8, 4) is 22.5 Å². The number of nitrogens with zero attached hydrogens (tertiary/aromatic N) is 2. The van der Waals surface area contributed by atoms with Gasteiger partial charge in [-0.3, -0.25) is 0 Å². The molecule has 0 aliphatic carbocycles. The smallest absolute Gasteiger partial charge is 0.0641 e. The second-order valence-corrected chi connectivity index (χ2v) is 11.0. The van der Waals surface area contributed by atoms with E-state index in [-0.39, 0.29) is 0 Å². The summed E-state index contributed by atoms with van der Waals surface area (Å²) in [5.41, 5.74) is 9.68.